The average Bonchev–Trinajstić information content (AvgIpc) is 2.45. The molecule has 0 saturated heterocycles. The first-order valence-electron chi connectivity index (χ1n) is 6.74. The lowest BCUT2D eigenvalue weighted by molar-refractivity contribution is 0.0958. The minimum absolute atomic E-state index is 0.157. The second kappa shape index (κ2) is 5.06. The molecule has 0 aromatic heterocycles. The Morgan fingerprint density at radius 3 is 2.40 bits per heavy atom. The molecule has 20 heavy (non-hydrogen) atoms. The van der Waals surface area contributed by atoms with Gasteiger partial charge >= 0.3 is 0 Å². The van der Waals surface area contributed by atoms with Crippen LogP contribution in [0.1, 0.15) is 10.4 Å². The number of carbonyl (C=O) groups excluding carboxylic acids is 1. The molecule has 0 spiro atoms. The van der Waals surface area contributed by atoms with E-state index in [4.69, 9.17) is 0 Å². The fourth-order valence-electron chi connectivity index (χ4n) is 2.57. The lowest BCUT2D eigenvalue weighted by atomic mass is 9.99. The summed E-state index contributed by atoms with van der Waals surface area (Å²) in [7, 11) is 3.82. The van der Waals surface area contributed by atoms with Crippen LogP contribution < -0.4 is 0 Å². The van der Waals surface area contributed by atoms with Crippen molar-refractivity contribution in [2.24, 2.45) is 0 Å². The highest BCUT2D eigenvalue weighted by Crippen LogP contribution is 2.26. The highest BCUT2D eigenvalue weighted by atomic mass is 16.1. The molecule has 2 heteroatoms. The third-order valence-electron chi connectivity index (χ3n) is 3.53. The summed E-state index contributed by atoms with van der Waals surface area (Å²) in [5.74, 6) is 0.157. The van der Waals surface area contributed by atoms with E-state index in [1.54, 1.807) is 0 Å². The normalized spacial score (nSPS) is 11.3. The number of ketones is 1. The van der Waals surface area contributed by atoms with Crippen LogP contribution in [0.25, 0.3) is 21.5 Å². The largest absolute Gasteiger partial charge is 0.302 e. The van der Waals surface area contributed by atoms with Gasteiger partial charge in [0.05, 0.1) is 6.54 Å². The molecule has 0 saturated carbocycles. The predicted octanol–water partition coefficient (Wildman–Crippen LogP) is 3.74. The summed E-state index contributed by atoms with van der Waals surface area (Å²) in [6.07, 6.45) is 0. The Kier molecular flexibility index (Phi) is 3.25. The lowest BCUT2D eigenvalue weighted by Crippen LogP contribution is -2.21. The van der Waals surface area contributed by atoms with E-state index in [1.165, 1.54) is 16.2 Å². The lowest BCUT2D eigenvalue weighted by Gasteiger charge is -2.10. The van der Waals surface area contributed by atoms with Crippen LogP contribution in [0.5, 0.6) is 0 Å². The van der Waals surface area contributed by atoms with Gasteiger partial charge < -0.3 is 4.90 Å². The predicted molar refractivity (Wildman–Crippen MR) is 84.3 cm³/mol. The van der Waals surface area contributed by atoms with Gasteiger partial charge in [-0.15, -0.1) is 0 Å². The van der Waals surface area contributed by atoms with E-state index in [-0.39, 0.29) is 5.78 Å². The van der Waals surface area contributed by atoms with Gasteiger partial charge in [-0.1, -0.05) is 48.5 Å². The van der Waals surface area contributed by atoms with E-state index in [9.17, 15) is 4.79 Å². The number of benzene rings is 3. The molecule has 3 aromatic rings. The van der Waals surface area contributed by atoms with Crippen LogP contribution in [0.2, 0.25) is 0 Å². The maximum atomic E-state index is 12.1. The van der Waals surface area contributed by atoms with E-state index in [2.05, 4.69) is 30.3 Å². The molecule has 0 bridgehead atoms. The van der Waals surface area contributed by atoms with Crippen LogP contribution in [0, 0.1) is 0 Å². The summed E-state index contributed by atoms with van der Waals surface area (Å²) in [6, 6.07) is 18.5. The van der Waals surface area contributed by atoms with Gasteiger partial charge in [-0.3, -0.25) is 4.79 Å². The number of Topliss-reactive ketones (excluding diaryl/α,β-unsaturated/α-hetero) is 1. The Labute approximate surface area is 118 Å². The van der Waals surface area contributed by atoms with Gasteiger partial charge in [0, 0.05) is 5.56 Å². The van der Waals surface area contributed by atoms with Gasteiger partial charge in [-0.05, 0) is 41.7 Å². The van der Waals surface area contributed by atoms with Crippen molar-refractivity contribution in [3.8, 4) is 0 Å². The molecule has 0 unspecified atom stereocenters. The fraction of sp³-hybridized carbons (Fsp3) is 0.167. The molecule has 0 aliphatic carbocycles. The number of likely N-dealkylation sites (N-methyl/N-ethyl adjacent to an activating group) is 1. The van der Waals surface area contributed by atoms with Gasteiger partial charge in [0.1, 0.15) is 0 Å². The molecule has 100 valence electrons. The van der Waals surface area contributed by atoms with Gasteiger partial charge in [-0.2, -0.15) is 0 Å². The van der Waals surface area contributed by atoms with E-state index in [0.717, 1.165) is 10.9 Å². The van der Waals surface area contributed by atoms with Crippen molar-refractivity contribution in [1.82, 2.24) is 4.90 Å². The van der Waals surface area contributed by atoms with Crippen molar-refractivity contribution in [1.29, 1.82) is 0 Å². The van der Waals surface area contributed by atoms with Crippen molar-refractivity contribution < 1.29 is 4.79 Å². The highest BCUT2D eigenvalue weighted by Gasteiger charge is 2.08. The van der Waals surface area contributed by atoms with Crippen molar-refractivity contribution in [3.63, 3.8) is 0 Å². The summed E-state index contributed by atoms with van der Waals surface area (Å²) in [5, 5.41) is 4.78. The van der Waals surface area contributed by atoms with E-state index < -0.39 is 0 Å². The zero-order chi connectivity index (χ0) is 14.1. The van der Waals surface area contributed by atoms with E-state index >= 15 is 0 Å². The summed E-state index contributed by atoms with van der Waals surface area (Å²) in [4.78, 5) is 14.0. The van der Waals surface area contributed by atoms with Crippen LogP contribution in [0.15, 0.2) is 54.6 Å². The average molecular weight is 263 g/mol. The first kappa shape index (κ1) is 12.8. The molecule has 0 N–H and O–H groups in total. The Balaban J connectivity index is 2.13. The standard InChI is InChI=1S/C18H17NO/c1-19(2)12-18(20)15-9-10-17-14(11-15)8-7-13-5-3-4-6-16(13)17/h3-11H,12H2,1-2H3. The monoisotopic (exact) mass is 263 g/mol. The zero-order valence-corrected chi connectivity index (χ0v) is 11.8. The quantitative estimate of drug-likeness (QED) is 0.530. The molecule has 0 amide bonds. The number of rotatable bonds is 3. The molecule has 0 heterocycles. The Hall–Kier alpha value is -2.19. The number of hydrogen-bond acceptors (Lipinski definition) is 2. The number of hydrogen-bond donors (Lipinski definition) is 0. The van der Waals surface area contributed by atoms with Gasteiger partial charge in [0.25, 0.3) is 0 Å². The first-order chi connectivity index (χ1) is 9.65. The second-order valence-corrected chi connectivity index (χ2v) is 5.38. The fourth-order valence-corrected chi connectivity index (χ4v) is 2.57. The molecule has 0 radical (unpaired) electrons. The van der Waals surface area contributed by atoms with E-state index in [1.807, 2.05) is 43.3 Å². The number of nitrogens with zero attached hydrogens (tertiary/aromatic N) is 1. The summed E-state index contributed by atoms with van der Waals surface area (Å²) in [6.45, 7) is 0.444. The smallest absolute Gasteiger partial charge is 0.176 e. The van der Waals surface area contributed by atoms with Crippen molar-refractivity contribution >= 4 is 27.3 Å². The van der Waals surface area contributed by atoms with Crippen molar-refractivity contribution in [2.45, 2.75) is 0 Å². The van der Waals surface area contributed by atoms with Crippen LogP contribution in [-0.2, 0) is 0 Å². The number of fused-ring (bicyclic) bond motifs is 3. The van der Waals surface area contributed by atoms with Crippen molar-refractivity contribution in [3.05, 3.63) is 60.2 Å². The maximum Gasteiger partial charge on any atom is 0.176 e. The molecule has 0 fully saturated rings. The van der Waals surface area contributed by atoms with Gasteiger partial charge in [-0.25, -0.2) is 0 Å². The number of carbonyl (C=O) groups is 1. The molecule has 3 aromatic carbocycles. The molecule has 2 nitrogen and oxygen atoms in total. The zero-order valence-electron chi connectivity index (χ0n) is 11.8. The minimum Gasteiger partial charge on any atom is -0.302 e. The first-order valence-corrected chi connectivity index (χ1v) is 6.74. The Morgan fingerprint density at radius 1 is 0.900 bits per heavy atom. The maximum absolute atomic E-state index is 12.1. The molecule has 3 rings (SSSR count). The third-order valence-corrected chi connectivity index (χ3v) is 3.53. The SMILES string of the molecule is CN(C)CC(=O)c1ccc2c(ccc3ccccc32)c1. The van der Waals surface area contributed by atoms with Gasteiger partial charge in [0.15, 0.2) is 5.78 Å². The molecular formula is C18H17NO. The summed E-state index contributed by atoms with van der Waals surface area (Å²) >= 11 is 0. The topological polar surface area (TPSA) is 20.3 Å². The third kappa shape index (κ3) is 2.30. The Bertz CT molecular complexity index is 790. The van der Waals surface area contributed by atoms with E-state index in [0.29, 0.717) is 6.54 Å². The summed E-state index contributed by atoms with van der Waals surface area (Å²) in [5.41, 5.74) is 0.779. The summed E-state index contributed by atoms with van der Waals surface area (Å²) < 4.78 is 0. The molecule has 0 aliphatic heterocycles. The second-order valence-electron chi connectivity index (χ2n) is 5.38. The molecular weight excluding hydrogens is 246 g/mol. The van der Waals surface area contributed by atoms with Crippen LogP contribution in [0.4, 0.5) is 0 Å². The van der Waals surface area contributed by atoms with Crippen LogP contribution in [0.3, 0.4) is 0 Å². The van der Waals surface area contributed by atoms with Crippen LogP contribution in [-0.4, -0.2) is 31.3 Å². The van der Waals surface area contributed by atoms with Crippen LogP contribution >= 0.6 is 0 Å². The molecule has 0 aliphatic rings. The minimum atomic E-state index is 0.157. The van der Waals surface area contributed by atoms with Crippen molar-refractivity contribution in [2.75, 3.05) is 20.6 Å². The van der Waals surface area contributed by atoms with Gasteiger partial charge in [0.2, 0.25) is 0 Å². The Morgan fingerprint density at radius 2 is 1.60 bits per heavy atom. The highest BCUT2D eigenvalue weighted by molar-refractivity contribution is 6.10. The molecule has 0 atom stereocenters.